The van der Waals surface area contributed by atoms with Crippen LogP contribution in [0.4, 0.5) is 0 Å². The van der Waals surface area contributed by atoms with Crippen LogP contribution in [0.5, 0.6) is 11.5 Å². The van der Waals surface area contributed by atoms with Gasteiger partial charge in [0, 0.05) is 26.2 Å². The standard InChI is InChI=1S/C19H26N2O4/c22-9-8-21-6-1-4-19(18(21)23)5-7-20(14-19)13-15-2-3-16-17(12-15)25-11-10-24-16/h2-3,12,22H,1,4-11,13-14H2/t19-/m0/s1. The number of rotatable bonds is 4. The van der Waals surface area contributed by atoms with E-state index in [0.717, 1.165) is 56.9 Å². The number of carbonyl (C=O) groups excluding carboxylic acids is 1. The summed E-state index contributed by atoms with van der Waals surface area (Å²) in [5.41, 5.74) is 0.943. The van der Waals surface area contributed by atoms with Gasteiger partial charge in [-0.25, -0.2) is 0 Å². The van der Waals surface area contributed by atoms with Crippen LogP contribution in [0.3, 0.4) is 0 Å². The van der Waals surface area contributed by atoms with Crippen molar-refractivity contribution in [3.05, 3.63) is 23.8 Å². The summed E-state index contributed by atoms with van der Waals surface area (Å²) in [5.74, 6) is 1.87. The Kier molecular flexibility index (Phi) is 4.56. The minimum atomic E-state index is -0.249. The van der Waals surface area contributed by atoms with Crippen LogP contribution in [0.2, 0.25) is 0 Å². The van der Waals surface area contributed by atoms with Crippen LogP contribution >= 0.6 is 0 Å². The lowest BCUT2D eigenvalue weighted by Crippen LogP contribution is -2.50. The Morgan fingerprint density at radius 3 is 2.80 bits per heavy atom. The van der Waals surface area contributed by atoms with Crippen LogP contribution in [-0.4, -0.2) is 66.8 Å². The minimum Gasteiger partial charge on any atom is -0.486 e. The number of aliphatic hydroxyl groups is 1. The van der Waals surface area contributed by atoms with Crippen molar-refractivity contribution in [1.82, 2.24) is 9.80 Å². The first kappa shape index (κ1) is 16.7. The number of nitrogens with zero attached hydrogens (tertiary/aromatic N) is 2. The zero-order valence-electron chi connectivity index (χ0n) is 14.6. The largest absolute Gasteiger partial charge is 0.486 e. The zero-order chi connectivity index (χ0) is 17.3. The van der Waals surface area contributed by atoms with Gasteiger partial charge in [0.15, 0.2) is 11.5 Å². The molecule has 1 aromatic carbocycles. The fourth-order valence-electron chi connectivity index (χ4n) is 4.40. The van der Waals surface area contributed by atoms with E-state index in [4.69, 9.17) is 9.47 Å². The van der Waals surface area contributed by atoms with Crippen LogP contribution in [0, 0.1) is 5.41 Å². The van der Waals surface area contributed by atoms with Crippen molar-refractivity contribution >= 4 is 5.91 Å². The van der Waals surface area contributed by atoms with E-state index in [-0.39, 0.29) is 17.9 Å². The second-order valence-electron chi connectivity index (χ2n) is 7.34. The van der Waals surface area contributed by atoms with Crippen molar-refractivity contribution in [2.45, 2.75) is 25.8 Å². The summed E-state index contributed by atoms with van der Waals surface area (Å²) in [6.07, 6.45) is 2.91. The Morgan fingerprint density at radius 2 is 1.96 bits per heavy atom. The molecule has 136 valence electrons. The van der Waals surface area contributed by atoms with Crippen molar-refractivity contribution in [2.24, 2.45) is 5.41 Å². The molecule has 1 N–H and O–H groups in total. The van der Waals surface area contributed by atoms with Gasteiger partial charge in [0.25, 0.3) is 0 Å². The van der Waals surface area contributed by atoms with E-state index in [2.05, 4.69) is 17.0 Å². The highest BCUT2D eigenvalue weighted by molar-refractivity contribution is 5.84. The highest BCUT2D eigenvalue weighted by atomic mass is 16.6. The lowest BCUT2D eigenvalue weighted by molar-refractivity contribution is -0.146. The number of hydrogen-bond donors (Lipinski definition) is 1. The van der Waals surface area contributed by atoms with Crippen LogP contribution in [0.25, 0.3) is 0 Å². The molecule has 1 amide bonds. The Morgan fingerprint density at radius 1 is 1.12 bits per heavy atom. The van der Waals surface area contributed by atoms with Crippen LogP contribution in [0.1, 0.15) is 24.8 Å². The SMILES string of the molecule is O=C1N(CCO)CCC[C@@]12CCN(Cc1ccc3c(c1)OCCO3)C2. The third kappa shape index (κ3) is 3.20. The number of likely N-dealkylation sites (tertiary alicyclic amines) is 2. The summed E-state index contributed by atoms with van der Waals surface area (Å²) in [6, 6.07) is 6.11. The summed E-state index contributed by atoms with van der Waals surface area (Å²) < 4.78 is 11.2. The third-order valence-electron chi connectivity index (χ3n) is 5.64. The first-order valence-electron chi connectivity index (χ1n) is 9.21. The van der Waals surface area contributed by atoms with Gasteiger partial charge in [0.1, 0.15) is 13.2 Å². The number of ether oxygens (including phenoxy) is 2. The molecule has 0 radical (unpaired) electrons. The van der Waals surface area contributed by atoms with Gasteiger partial charge in [-0.1, -0.05) is 6.07 Å². The van der Waals surface area contributed by atoms with Gasteiger partial charge in [-0.05, 0) is 43.5 Å². The lowest BCUT2D eigenvalue weighted by atomic mass is 9.78. The average Bonchev–Trinajstić information content (AvgIpc) is 3.03. The number of carbonyl (C=O) groups is 1. The molecule has 3 aliphatic heterocycles. The second kappa shape index (κ2) is 6.84. The smallest absolute Gasteiger partial charge is 0.230 e. The Bertz CT molecular complexity index is 648. The Labute approximate surface area is 148 Å². The van der Waals surface area contributed by atoms with Gasteiger partial charge in [-0.2, -0.15) is 0 Å². The number of aliphatic hydroxyl groups excluding tert-OH is 1. The fourth-order valence-corrected chi connectivity index (χ4v) is 4.40. The highest BCUT2D eigenvalue weighted by Crippen LogP contribution is 2.41. The normalized spacial score (nSPS) is 26.4. The molecule has 0 aromatic heterocycles. The second-order valence-corrected chi connectivity index (χ2v) is 7.34. The molecule has 0 aliphatic carbocycles. The quantitative estimate of drug-likeness (QED) is 0.889. The van der Waals surface area contributed by atoms with E-state index in [0.29, 0.717) is 19.8 Å². The fraction of sp³-hybridized carbons (Fsp3) is 0.632. The Balaban J connectivity index is 1.43. The van der Waals surface area contributed by atoms with Crippen molar-refractivity contribution in [2.75, 3.05) is 46.0 Å². The number of β-amino-alcohol motifs (C(OH)–C–C–N with tert-alkyl or cyclic N) is 1. The van der Waals surface area contributed by atoms with Crippen LogP contribution in [0.15, 0.2) is 18.2 Å². The molecule has 4 rings (SSSR count). The number of hydrogen-bond acceptors (Lipinski definition) is 5. The monoisotopic (exact) mass is 346 g/mol. The van der Waals surface area contributed by atoms with E-state index in [1.54, 1.807) is 0 Å². The molecule has 0 bridgehead atoms. The first-order valence-corrected chi connectivity index (χ1v) is 9.21. The molecular weight excluding hydrogens is 320 g/mol. The lowest BCUT2D eigenvalue weighted by Gasteiger charge is -2.39. The van der Waals surface area contributed by atoms with E-state index in [1.165, 1.54) is 5.56 Å². The number of benzene rings is 1. The minimum absolute atomic E-state index is 0.0444. The van der Waals surface area contributed by atoms with Gasteiger partial charge < -0.3 is 19.5 Å². The molecule has 0 saturated carbocycles. The molecule has 2 fully saturated rings. The van der Waals surface area contributed by atoms with E-state index in [9.17, 15) is 9.90 Å². The summed E-state index contributed by atoms with van der Waals surface area (Å²) in [6.45, 7) is 5.06. The van der Waals surface area contributed by atoms with Crippen LogP contribution in [-0.2, 0) is 11.3 Å². The Hall–Kier alpha value is -1.79. The predicted molar refractivity (Wildman–Crippen MR) is 92.7 cm³/mol. The number of fused-ring (bicyclic) bond motifs is 1. The summed E-state index contributed by atoms with van der Waals surface area (Å²) in [7, 11) is 0. The van der Waals surface area contributed by atoms with Crippen molar-refractivity contribution < 1.29 is 19.4 Å². The van der Waals surface area contributed by atoms with E-state index < -0.39 is 0 Å². The number of amides is 1. The maximum absolute atomic E-state index is 12.9. The molecule has 25 heavy (non-hydrogen) atoms. The van der Waals surface area contributed by atoms with Gasteiger partial charge >= 0.3 is 0 Å². The molecule has 3 aliphatic rings. The zero-order valence-corrected chi connectivity index (χ0v) is 14.6. The van der Waals surface area contributed by atoms with Crippen LogP contribution < -0.4 is 9.47 Å². The third-order valence-corrected chi connectivity index (χ3v) is 5.64. The van der Waals surface area contributed by atoms with E-state index in [1.807, 2.05) is 11.0 Å². The summed E-state index contributed by atoms with van der Waals surface area (Å²) in [5, 5.41) is 9.18. The topological polar surface area (TPSA) is 62.2 Å². The van der Waals surface area contributed by atoms with Gasteiger partial charge in [0.2, 0.25) is 5.91 Å². The maximum Gasteiger partial charge on any atom is 0.230 e. The van der Waals surface area contributed by atoms with Gasteiger partial charge in [-0.3, -0.25) is 9.69 Å². The molecule has 1 aromatic rings. The molecule has 1 spiro atoms. The van der Waals surface area contributed by atoms with Crippen molar-refractivity contribution in [1.29, 1.82) is 0 Å². The van der Waals surface area contributed by atoms with Crippen molar-refractivity contribution in [3.8, 4) is 11.5 Å². The van der Waals surface area contributed by atoms with Crippen molar-refractivity contribution in [3.63, 3.8) is 0 Å². The molecule has 6 heteroatoms. The number of piperidine rings is 1. The van der Waals surface area contributed by atoms with Gasteiger partial charge in [-0.15, -0.1) is 0 Å². The summed E-state index contributed by atoms with van der Waals surface area (Å²) >= 11 is 0. The molecule has 2 saturated heterocycles. The molecular formula is C19H26N2O4. The molecule has 6 nitrogen and oxygen atoms in total. The van der Waals surface area contributed by atoms with Gasteiger partial charge in [0.05, 0.1) is 12.0 Å². The first-order chi connectivity index (χ1) is 12.2. The van der Waals surface area contributed by atoms with E-state index >= 15 is 0 Å². The predicted octanol–water partition coefficient (Wildman–Crippen LogP) is 1.26. The average molecular weight is 346 g/mol. The summed E-state index contributed by atoms with van der Waals surface area (Å²) in [4.78, 5) is 17.1. The molecule has 1 atom stereocenters. The molecule has 0 unspecified atom stereocenters. The maximum atomic E-state index is 12.9. The highest BCUT2D eigenvalue weighted by Gasteiger charge is 2.47. The molecule has 3 heterocycles.